The molecule has 1 saturated heterocycles. The molecule has 0 unspecified atom stereocenters. The molecule has 3 rings (SSSR count). The lowest BCUT2D eigenvalue weighted by molar-refractivity contribution is 0.149. The summed E-state index contributed by atoms with van der Waals surface area (Å²) in [5.74, 6) is -0.697. The molecule has 1 aliphatic rings. The van der Waals surface area contributed by atoms with Gasteiger partial charge >= 0.3 is 6.09 Å². The summed E-state index contributed by atoms with van der Waals surface area (Å²) in [6, 6.07) is 5.45. The Morgan fingerprint density at radius 1 is 1.18 bits per heavy atom. The van der Waals surface area contributed by atoms with Gasteiger partial charge in [-0.05, 0) is 25.1 Å². The van der Waals surface area contributed by atoms with Crippen molar-refractivity contribution in [3.8, 4) is 0 Å². The Labute approximate surface area is 161 Å². The van der Waals surface area contributed by atoms with Crippen LogP contribution in [-0.2, 0) is 11.3 Å². The highest BCUT2D eigenvalue weighted by molar-refractivity contribution is 5.87. The van der Waals surface area contributed by atoms with E-state index in [-0.39, 0.29) is 18.0 Å². The number of anilines is 2. The van der Waals surface area contributed by atoms with Crippen molar-refractivity contribution >= 4 is 23.6 Å². The molecule has 0 radical (unpaired) electrons. The van der Waals surface area contributed by atoms with Gasteiger partial charge in [-0.15, -0.1) is 4.99 Å². The number of hydrogen-bond donors (Lipinski definition) is 2. The van der Waals surface area contributed by atoms with Crippen LogP contribution in [0.4, 0.5) is 20.7 Å². The Morgan fingerprint density at radius 2 is 1.86 bits per heavy atom. The normalized spacial score (nSPS) is 13.9. The van der Waals surface area contributed by atoms with Gasteiger partial charge in [-0.25, -0.2) is 14.2 Å². The zero-order valence-corrected chi connectivity index (χ0v) is 15.5. The van der Waals surface area contributed by atoms with Crippen LogP contribution in [0, 0.1) is 12.7 Å². The molecule has 28 heavy (non-hydrogen) atoms. The van der Waals surface area contributed by atoms with E-state index in [9.17, 15) is 9.18 Å². The largest absolute Gasteiger partial charge is 0.443 e. The summed E-state index contributed by atoms with van der Waals surface area (Å²) < 4.78 is 19.7. The number of ether oxygens (including phenoxy) is 1. The predicted molar refractivity (Wildman–Crippen MR) is 104 cm³/mol. The van der Waals surface area contributed by atoms with Gasteiger partial charge in [0.2, 0.25) is 0 Å². The summed E-state index contributed by atoms with van der Waals surface area (Å²) in [5, 5.41) is 0. The van der Waals surface area contributed by atoms with E-state index >= 15 is 0 Å². The van der Waals surface area contributed by atoms with Crippen molar-refractivity contribution in [3.63, 3.8) is 0 Å². The number of piperazine rings is 1. The van der Waals surface area contributed by atoms with Gasteiger partial charge in [0, 0.05) is 55.5 Å². The number of rotatable bonds is 4. The second kappa shape index (κ2) is 8.51. The highest BCUT2D eigenvalue weighted by atomic mass is 19.1. The van der Waals surface area contributed by atoms with Gasteiger partial charge in [0.15, 0.2) is 17.6 Å². The maximum absolute atomic E-state index is 14.8. The molecule has 2 aromatic rings. The second-order valence-corrected chi connectivity index (χ2v) is 6.33. The molecule has 2 aromatic heterocycles. The topological polar surface area (TPSA) is 123 Å². The highest BCUT2D eigenvalue weighted by Gasteiger charge is 2.22. The Kier molecular flexibility index (Phi) is 5.87. The molecule has 1 amide bonds. The molecule has 0 bridgehead atoms. The van der Waals surface area contributed by atoms with Gasteiger partial charge in [-0.3, -0.25) is 4.98 Å². The zero-order valence-electron chi connectivity index (χ0n) is 15.5. The molecular weight excluding hydrogens is 365 g/mol. The summed E-state index contributed by atoms with van der Waals surface area (Å²) in [6.45, 7) is 4.35. The van der Waals surface area contributed by atoms with Crippen LogP contribution < -0.4 is 21.3 Å². The smallest absolute Gasteiger partial charge is 0.437 e. The molecular formula is C18H22FN7O2. The molecule has 0 spiro atoms. The predicted octanol–water partition coefficient (Wildman–Crippen LogP) is 1.16. The molecule has 0 aromatic carbocycles. The molecule has 10 heteroatoms. The van der Waals surface area contributed by atoms with E-state index in [2.05, 4.69) is 19.9 Å². The summed E-state index contributed by atoms with van der Waals surface area (Å²) in [5.41, 5.74) is 12.5. The number of amides is 1. The minimum absolute atomic E-state index is 0.205. The van der Waals surface area contributed by atoms with Gasteiger partial charge in [0.05, 0.1) is 0 Å². The van der Waals surface area contributed by atoms with Crippen LogP contribution in [0.25, 0.3) is 0 Å². The van der Waals surface area contributed by atoms with Gasteiger partial charge in [0.25, 0.3) is 0 Å². The standard InChI is InChI=1S/C18H22FN7O2/c1-12-10-14(3-5-22-12)25-6-8-26(9-7-25)16-15(19)13(2-4-23-16)11-28-18(27)24-17(20)21/h2-5,10H,6-9,11H2,1H3,(H4,20,21,24,27). The number of halogens is 1. The number of carbonyl (C=O) groups excluding carboxylic acids is 1. The fraction of sp³-hybridized carbons (Fsp3) is 0.333. The Morgan fingerprint density at radius 3 is 2.54 bits per heavy atom. The number of aryl methyl sites for hydroxylation is 1. The molecule has 0 aliphatic carbocycles. The van der Waals surface area contributed by atoms with Crippen molar-refractivity contribution in [2.24, 2.45) is 16.5 Å². The van der Waals surface area contributed by atoms with E-state index in [4.69, 9.17) is 16.2 Å². The van der Waals surface area contributed by atoms with Crippen LogP contribution in [-0.4, -0.2) is 48.2 Å². The number of nitrogens with zero attached hydrogens (tertiary/aromatic N) is 5. The quantitative estimate of drug-likeness (QED) is 0.592. The Balaban J connectivity index is 1.65. The molecule has 3 heterocycles. The average Bonchev–Trinajstić information content (AvgIpc) is 2.67. The number of aromatic nitrogens is 2. The number of pyridine rings is 2. The molecule has 0 atom stereocenters. The maximum atomic E-state index is 14.8. The van der Waals surface area contributed by atoms with Crippen LogP contribution in [0.3, 0.4) is 0 Å². The SMILES string of the molecule is Cc1cc(N2CCN(c3nccc(COC(=O)N=C(N)N)c3F)CC2)ccn1. The van der Waals surface area contributed by atoms with Gasteiger partial charge in [0.1, 0.15) is 6.61 Å². The zero-order chi connectivity index (χ0) is 20.1. The average molecular weight is 387 g/mol. The Hall–Kier alpha value is -3.43. The lowest BCUT2D eigenvalue weighted by atomic mass is 10.2. The third-order valence-electron chi connectivity index (χ3n) is 4.35. The van der Waals surface area contributed by atoms with Gasteiger partial charge < -0.3 is 26.0 Å². The lowest BCUT2D eigenvalue weighted by Crippen LogP contribution is -2.47. The minimum atomic E-state index is -0.973. The Bertz CT molecular complexity index is 878. The first-order chi connectivity index (χ1) is 13.4. The fourth-order valence-electron chi connectivity index (χ4n) is 2.98. The molecule has 4 N–H and O–H groups in total. The van der Waals surface area contributed by atoms with Crippen molar-refractivity contribution in [1.82, 2.24) is 9.97 Å². The number of guanidine groups is 1. The van der Waals surface area contributed by atoms with E-state index in [0.717, 1.165) is 24.5 Å². The van der Waals surface area contributed by atoms with E-state index in [1.54, 1.807) is 6.20 Å². The molecule has 1 fully saturated rings. The van der Waals surface area contributed by atoms with E-state index in [1.807, 2.05) is 24.0 Å². The second-order valence-electron chi connectivity index (χ2n) is 6.33. The summed E-state index contributed by atoms with van der Waals surface area (Å²) in [4.78, 5) is 27.1. The first-order valence-corrected chi connectivity index (χ1v) is 8.76. The third-order valence-corrected chi connectivity index (χ3v) is 4.35. The number of aliphatic imine (C=N–C) groups is 1. The van der Waals surface area contributed by atoms with Crippen molar-refractivity contribution in [1.29, 1.82) is 0 Å². The summed E-state index contributed by atoms with van der Waals surface area (Å²) >= 11 is 0. The summed E-state index contributed by atoms with van der Waals surface area (Å²) in [6.07, 6.45) is 2.30. The lowest BCUT2D eigenvalue weighted by Gasteiger charge is -2.37. The first-order valence-electron chi connectivity index (χ1n) is 8.76. The highest BCUT2D eigenvalue weighted by Crippen LogP contribution is 2.23. The molecule has 148 valence electrons. The third kappa shape index (κ3) is 4.64. The number of carbonyl (C=O) groups is 1. The van der Waals surface area contributed by atoms with Crippen molar-refractivity contribution < 1.29 is 13.9 Å². The minimum Gasteiger partial charge on any atom is -0.443 e. The van der Waals surface area contributed by atoms with Crippen LogP contribution in [0.15, 0.2) is 35.6 Å². The van der Waals surface area contributed by atoms with Crippen molar-refractivity contribution in [2.75, 3.05) is 36.0 Å². The van der Waals surface area contributed by atoms with E-state index < -0.39 is 17.9 Å². The molecule has 0 saturated carbocycles. The van der Waals surface area contributed by atoms with Crippen LogP contribution in [0.2, 0.25) is 0 Å². The maximum Gasteiger partial charge on any atom is 0.437 e. The van der Waals surface area contributed by atoms with Gasteiger partial charge in [-0.2, -0.15) is 0 Å². The fourth-order valence-corrected chi connectivity index (χ4v) is 2.98. The van der Waals surface area contributed by atoms with Crippen molar-refractivity contribution in [2.45, 2.75) is 13.5 Å². The van der Waals surface area contributed by atoms with Crippen LogP contribution in [0.5, 0.6) is 0 Å². The number of nitrogens with two attached hydrogens (primary N) is 2. The summed E-state index contributed by atoms with van der Waals surface area (Å²) in [7, 11) is 0. The molecule has 9 nitrogen and oxygen atoms in total. The van der Waals surface area contributed by atoms with E-state index in [1.165, 1.54) is 12.3 Å². The van der Waals surface area contributed by atoms with Gasteiger partial charge in [-0.1, -0.05) is 0 Å². The monoisotopic (exact) mass is 387 g/mol. The van der Waals surface area contributed by atoms with Crippen LogP contribution in [0.1, 0.15) is 11.3 Å². The van der Waals surface area contributed by atoms with Crippen molar-refractivity contribution in [3.05, 3.63) is 47.7 Å². The van der Waals surface area contributed by atoms with E-state index in [0.29, 0.717) is 13.1 Å². The first kappa shape index (κ1) is 19.3. The van der Waals surface area contributed by atoms with Crippen LogP contribution >= 0.6 is 0 Å². The number of hydrogen-bond acceptors (Lipinski definition) is 6. The molecule has 1 aliphatic heterocycles.